The van der Waals surface area contributed by atoms with Crippen molar-refractivity contribution in [2.45, 2.75) is 131 Å². The molecule has 3 amide bonds. The summed E-state index contributed by atoms with van der Waals surface area (Å²) in [4.78, 5) is 42.2. The molecule has 0 aliphatic carbocycles. The second-order valence-electron chi connectivity index (χ2n) is 12.1. The monoisotopic (exact) mass is 531 g/mol. The van der Waals surface area contributed by atoms with Gasteiger partial charge in [0.15, 0.2) is 0 Å². The maximum absolute atomic E-state index is 14.2. The quantitative estimate of drug-likeness (QED) is 0.247. The largest absolute Gasteiger partial charge is 0.444 e. The van der Waals surface area contributed by atoms with Gasteiger partial charge in [-0.15, -0.1) is 0 Å². The van der Waals surface area contributed by atoms with Crippen molar-refractivity contribution in [3.63, 3.8) is 0 Å². The van der Waals surface area contributed by atoms with E-state index in [2.05, 4.69) is 17.6 Å². The number of benzene rings is 1. The van der Waals surface area contributed by atoms with Crippen molar-refractivity contribution in [1.82, 2.24) is 15.5 Å². The molecule has 0 aliphatic heterocycles. The number of rotatable bonds is 15. The lowest BCUT2D eigenvalue weighted by atomic mass is 9.97. The molecule has 2 unspecified atom stereocenters. The third kappa shape index (κ3) is 12.8. The highest BCUT2D eigenvalue weighted by Crippen LogP contribution is 2.26. The molecule has 0 aromatic heterocycles. The summed E-state index contributed by atoms with van der Waals surface area (Å²) in [5.41, 5.74) is 1.10. The van der Waals surface area contributed by atoms with Gasteiger partial charge in [0.25, 0.3) is 0 Å². The first-order chi connectivity index (χ1) is 17.7. The van der Waals surface area contributed by atoms with E-state index in [1.807, 2.05) is 58.9 Å². The first kappa shape index (κ1) is 33.5. The van der Waals surface area contributed by atoms with Crippen LogP contribution in [0.1, 0.15) is 118 Å². The van der Waals surface area contributed by atoms with E-state index in [9.17, 15) is 14.4 Å². The molecular formula is C31H53N3O4. The number of carbonyl (C=O) groups is 3. The summed E-state index contributed by atoms with van der Waals surface area (Å²) < 4.78 is 5.48. The Labute approximate surface area is 231 Å². The second kappa shape index (κ2) is 16.4. The number of carbonyl (C=O) groups excluding carboxylic acids is 3. The summed E-state index contributed by atoms with van der Waals surface area (Å²) in [6.07, 6.45) is 6.19. The van der Waals surface area contributed by atoms with Crippen molar-refractivity contribution in [3.05, 3.63) is 35.4 Å². The zero-order chi connectivity index (χ0) is 28.9. The average molecular weight is 532 g/mol. The number of hydrogen-bond donors (Lipinski definition) is 2. The lowest BCUT2D eigenvalue weighted by Crippen LogP contribution is -2.54. The van der Waals surface area contributed by atoms with E-state index in [-0.39, 0.29) is 23.8 Å². The number of hydrogen-bond acceptors (Lipinski definition) is 4. The van der Waals surface area contributed by atoms with Crippen LogP contribution in [0.3, 0.4) is 0 Å². The van der Waals surface area contributed by atoms with Crippen LogP contribution in [0.2, 0.25) is 0 Å². The predicted octanol–water partition coefficient (Wildman–Crippen LogP) is 6.69. The Hall–Kier alpha value is -2.57. The molecule has 1 aromatic rings. The lowest BCUT2D eigenvalue weighted by Gasteiger charge is -2.35. The molecular weight excluding hydrogens is 478 g/mol. The maximum Gasteiger partial charge on any atom is 0.408 e. The number of aryl methyl sites for hydroxylation is 1. The lowest BCUT2D eigenvalue weighted by molar-refractivity contribution is -0.143. The Morgan fingerprint density at radius 2 is 1.58 bits per heavy atom. The van der Waals surface area contributed by atoms with Crippen LogP contribution >= 0.6 is 0 Å². The zero-order valence-electron chi connectivity index (χ0n) is 25.4. The number of nitrogens with zero attached hydrogens (tertiary/aromatic N) is 1. The van der Waals surface area contributed by atoms with Crippen LogP contribution in [0.25, 0.3) is 0 Å². The Morgan fingerprint density at radius 1 is 0.947 bits per heavy atom. The number of alkyl carbamates (subject to hydrolysis) is 1. The van der Waals surface area contributed by atoms with Gasteiger partial charge in [-0.1, -0.05) is 82.7 Å². The molecule has 1 aromatic carbocycles. The molecule has 38 heavy (non-hydrogen) atoms. The van der Waals surface area contributed by atoms with Crippen LogP contribution < -0.4 is 10.6 Å². The van der Waals surface area contributed by atoms with Crippen LogP contribution in [0.5, 0.6) is 0 Å². The second-order valence-corrected chi connectivity index (χ2v) is 12.1. The summed E-state index contributed by atoms with van der Waals surface area (Å²) in [6, 6.07) is 6.08. The Bertz CT molecular complexity index is 876. The fourth-order valence-corrected chi connectivity index (χ4v) is 4.45. The molecule has 0 spiro atoms. The molecule has 1 rings (SSSR count). The zero-order valence-corrected chi connectivity index (χ0v) is 25.4. The fourth-order valence-electron chi connectivity index (χ4n) is 4.45. The van der Waals surface area contributed by atoms with Crippen molar-refractivity contribution < 1.29 is 19.1 Å². The minimum absolute atomic E-state index is 0.0767. The molecule has 7 nitrogen and oxygen atoms in total. The third-order valence-corrected chi connectivity index (χ3v) is 6.08. The summed E-state index contributed by atoms with van der Waals surface area (Å²) in [5, 5.41) is 5.84. The van der Waals surface area contributed by atoms with Gasteiger partial charge in [0.1, 0.15) is 17.7 Å². The Kier molecular flexibility index (Phi) is 14.4. The molecule has 0 fully saturated rings. The highest BCUT2D eigenvalue weighted by molar-refractivity contribution is 5.92. The molecule has 7 heteroatoms. The number of nitrogens with one attached hydrogen (secondary N) is 2. The van der Waals surface area contributed by atoms with Crippen LogP contribution in [-0.4, -0.2) is 47.0 Å². The smallest absolute Gasteiger partial charge is 0.408 e. The fraction of sp³-hybridized carbons (Fsp3) is 0.710. The first-order valence-corrected chi connectivity index (χ1v) is 14.4. The van der Waals surface area contributed by atoms with Gasteiger partial charge in [-0.25, -0.2) is 4.79 Å². The average Bonchev–Trinajstić information content (AvgIpc) is 2.77. The molecule has 0 saturated heterocycles. The molecule has 0 saturated carbocycles. The van der Waals surface area contributed by atoms with Crippen molar-refractivity contribution in [2.75, 3.05) is 6.54 Å². The SMILES string of the molecule is CCCCCCCCN(C(=O)C(CC(C)C)NC(=O)OC(C)(C)C)C(C(=O)NC(C)C)c1cccc(C)c1. The van der Waals surface area contributed by atoms with Crippen molar-refractivity contribution in [2.24, 2.45) is 5.92 Å². The normalized spacial score (nSPS) is 13.2. The topological polar surface area (TPSA) is 87.7 Å². The van der Waals surface area contributed by atoms with Gasteiger partial charge >= 0.3 is 6.09 Å². The minimum Gasteiger partial charge on any atom is -0.444 e. The third-order valence-electron chi connectivity index (χ3n) is 6.08. The molecule has 216 valence electrons. The van der Waals surface area contributed by atoms with E-state index >= 15 is 0 Å². The van der Waals surface area contributed by atoms with E-state index in [0.29, 0.717) is 13.0 Å². The number of amides is 3. The highest BCUT2D eigenvalue weighted by Gasteiger charge is 2.36. The van der Waals surface area contributed by atoms with E-state index in [1.54, 1.807) is 25.7 Å². The van der Waals surface area contributed by atoms with E-state index in [4.69, 9.17) is 4.74 Å². The molecule has 0 radical (unpaired) electrons. The summed E-state index contributed by atoms with van der Waals surface area (Å²) in [5.74, 6) is -0.328. The van der Waals surface area contributed by atoms with Gasteiger partial charge in [0.2, 0.25) is 11.8 Å². The summed E-state index contributed by atoms with van der Waals surface area (Å²) in [7, 11) is 0. The van der Waals surface area contributed by atoms with Crippen LogP contribution in [-0.2, 0) is 14.3 Å². The van der Waals surface area contributed by atoms with E-state index in [1.165, 1.54) is 12.8 Å². The van der Waals surface area contributed by atoms with E-state index in [0.717, 1.165) is 36.8 Å². The molecule has 0 bridgehead atoms. The number of ether oxygens (including phenoxy) is 1. The van der Waals surface area contributed by atoms with Crippen molar-refractivity contribution in [1.29, 1.82) is 0 Å². The number of unbranched alkanes of at least 4 members (excludes halogenated alkanes) is 5. The molecule has 2 N–H and O–H groups in total. The van der Waals surface area contributed by atoms with Gasteiger partial charge < -0.3 is 20.3 Å². The van der Waals surface area contributed by atoms with Crippen LogP contribution in [0.15, 0.2) is 24.3 Å². The van der Waals surface area contributed by atoms with Crippen LogP contribution in [0.4, 0.5) is 4.79 Å². The summed E-state index contributed by atoms with van der Waals surface area (Å²) >= 11 is 0. The minimum atomic E-state index is -0.802. The highest BCUT2D eigenvalue weighted by atomic mass is 16.6. The van der Waals surface area contributed by atoms with Crippen molar-refractivity contribution in [3.8, 4) is 0 Å². The summed E-state index contributed by atoms with van der Waals surface area (Å²) in [6.45, 7) is 17.8. The van der Waals surface area contributed by atoms with Gasteiger partial charge in [-0.2, -0.15) is 0 Å². The Balaban J connectivity index is 3.42. The molecule has 0 heterocycles. The van der Waals surface area contributed by atoms with Crippen LogP contribution in [0, 0.1) is 12.8 Å². The Morgan fingerprint density at radius 3 is 2.13 bits per heavy atom. The van der Waals surface area contributed by atoms with E-state index < -0.39 is 23.8 Å². The van der Waals surface area contributed by atoms with Crippen molar-refractivity contribution >= 4 is 17.9 Å². The molecule has 2 atom stereocenters. The first-order valence-electron chi connectivity index (χ1n) is 14.4. The van der Waals surface area contributed by atoms with Gasteiger partial charge in [-0.3, -0.25) is 9.59 Å². The maximum atomic E-state index is 14.2. The standard InChI is InChI=1S/C31H53N3O4/c1-10-11-12-13-14-15-19-34(27(28(35)32-23(4)5)25-18-16-17-24(6)21-25)29(36)26(20-22(2)3)33-30(37)38-31(7,8)9/h16-18,21-23,26-27H,10-15,19-20H2,1-9H3,(H,32,35)(H,33,37). The predicted molar refractivity (Wildman–Crippen MR) is 155 cm³/mol. The van der Waals surface area contributed by atoms with Gasteiger partial charge in [0.05, 0.1) is 0 Å². The van der Waals surface area contributed by atoms with Gasteiger partial charge in [0, 0.05) is 12.6 Å². The molecule has 0 aliphatic rings. The van der Waals surface area contributed by atoms with Gasteiger partial charge in [-0.05, 0) is 65.9 Å².